The summed E-state index contributed by atoms with van der Waals surface area (Å²) in [6, 6.07) is 0. The van der Waals surface area contributed by atoms with E-state index in [1.165, 1.54) is 13.1 Å². The molecular weight excluding hydrogens is 399 g/mol. The molecule has 1 N–H and O–H groups in total. The Kier molecular flexibility index (Phi) is 5.45. The lowest BCUT2D eigenvalue weighted by atomic mass is 10.3. The van der Waals surface area contributed by atoms with Crippen LogP contribution in [0.4, 0.5) is 18.9 Å². The summed E-state index contributed by atoms with van der Waals surface area (Å²) >= 11 is 5.68. The Labute approximate surface area is 162 Å². The third-order valence-electron chi connectivity index (χ3n) is 3.97. The normalized spacial score (nSPS) is 11.8. The number of carbonyl (C=O) groups excluding carboxylic acids is 1. The number of nitrogens with zero attached hydrogens (tertiary/aromatic N) is 6. The largest absolute Gasteiger partial charge is 0.436 e. The van der Waals surface area contributed by atoms with E-state index < -0.39 is 29.3 Å². The van der Waals surface area contributed by atoms with Crippen molar-refractivity contribution in [3.05, 3.63) is 46.8 Å². The Morgan fingerprint density at radius 3 is 2.54 bits per heavy atom. The number of hydrogen-bond donors (Lipinski definition) is 1. The molecule has 3 rings (SSSR count). The Bertz CT molecular complexity index is 989. The van der Waals surface area contributed by atoms with E-state index in [1.807, 2.05) is 13.1 Å². The van der Waals surface area contributed by atoms with E-state index in [-0.39, 0.29) is 5.69 Å². The molecular formula is C16H17ClF3N7O. The number of hydrogen-bond acceptors (Lipinski definition) is 4. The average molecular weight is 416 g/mol. The molecule has 0 saturated carbocycles. The molecule has 28 heavy (non-hydrogen) atoms. The third-order valence-corrected chi connectivity index (χ3v) is 4.42. The second-order valence-corrected chi connectivity index (χ2v) is 6.46. The number of aryl methyl sites for hydroxylation is 1. The summed E-state index contributed by atoms with van der Waals surface area (Å²) in [4.78, 5) is 12.2. The molecule has 0 atom stereocenters. The summed E-state index contributed by atoms with van der Waals surface area (Å²) in [6.45, 7) is 4.17. The highest BCUT2D eigenvalue weighted by Gasteiger charge is 2.38. The minimum atomic E-state index is -4.68. The maximum atomic E-state index is 12.9. The number of nitrogens with one attached hydrogen (secondary N) is 1. The molecule has 0 radical (unpaired) electrons. The predicted molar refractivity (Wildman–Crippen MR) is 94.8 cm³/mol. The molecule has 0 aliphatic rings. The van der Waals surface area contributed by atoms with E-state index in [0.717, 1.165) is 16.8 Å². The van der Waals surface area contributed by atoms with Crippen molar-refractivity contribution >= 4 is 23.2 Å². The van der Waals surface area contributed by atoms with Gasteiger partial charge in [0.2, 0.25) is 5.91 Å². The standard InChI is InChI=1S/C16H17ClF3N7O/c1-3-25-6-11(4-21-25)7-26-8-12(5-22-26)23-13(28)9-27-10(2)14(17)15(24-27)16(18,19)20/h4-6,8H,3,7,9H2,1-2H3,(H,23,28). The van der Waals surface area contributed by atoms with Gasteiger partial charge in [-0.2, -0.15) is 28.5 Å². The molecule has 0 aliphatic heterocycles. The summed E-state index contributed by atoms with van der Waals surface area (Å²) in [5.41, 5.74) is 0.219. The quantitative estimate of drug-likeness (QED) is 0.671. The predicted octanol–water partition coefficient (Wildman–Crippen LogP) is 2.96. The zero-order valence-electron chi connectivity index (χ0n) is 15.0. The van der Waals surface area contributed by atoms with Crippen molar-refractivity contribution in [3.63, 3.8) is 0 Å². The van der Waals surface area contributed by atoms with E-state index in [9.17, 15) is 18.0 Å². The highest BCUT2D eigenvalue weighted by atomic mass is 35.5. The maximum Gasteiger partial charge on any atom is 0.436 e. The highest BCUT2D eigenvalue weighted by molar-refractivity contribution is 6.32. The van der Waals surface area contributed by atoms with Crippen LogP contribution in [0.25, 0.3) is 0 Å². The van der Waals surface area contributed by atoms with Gasteiger partial charge in [0.15, 0.2) is 5.69 Å². The van der Waals surface area contributed by atoms with Gasteiger partial charge in [0.05, 0.1) is 35.3 Å². The number of halogens is 4. The first-order chi connectivity index (χ1) is 13.2. The maximum absolute atomic E-state index is 12.9. The van der Waals surface area contributed by atoms with Crippen LogP contribution in [0.5, 0.6) is 0 Å². The van der Waals surface area contributed by atoms with Gasteiger partial charge in [-0.1, -0.05) is 11.6 Å². The fraction of sp³-hybridized carbons (Fsp3) is 0.375. The Morgan fingerprint density at radius 1 is 1.21 bits per heavy atom. The van der Waals surface area contributed by atoms with E-state index in [1.54, 1.807) is 21.8 Å². The van der Waals surface area contributed by atoms with Crippen molar-refractivity contribution < 1.29 is 18.0 Å². The summed E-state index contributed by atoms with van der Waals surface area (Å²) in [5, 5.41) is 13.8. The average Bonchev–Trinajstić information content (AvgIpc) is 3.31. The Morgan fingerprint density at radius 2 is 1.93 bits per heavy atom. The van der Waals surface area contributed by atoms with E-state index in [0.29, 0.717) is 12.2 Å². The molecule has 0 bridgehead atoms. The molecule has 0 spiro atoms. The molecule has 0 aromatic carbocycles. The van der Waals surface area contributed by atoms with Gasteiger partial charge < -0.3 is 5.32 Å². The third kappa shape index (κ3) is 4.35. The van der Waals surface area contributed by atoms with Gasteiger partial charge in [0.1, 0.15) is 6.54 Å². The van der Waals surface area contributed by atoms with E-state index in [4.69, 9.17) is 11.6 Å². The van der Waals surface area contributed by atoms with Crippen molar-refractivity contribution in [1.29, 1.82) is 0 Å². The van der Waals surface area contributed by atoms with Crippen LogP contribution in [0, 0.1) is 6.92 Å². The summed E-state index contributed by atoms with van der Waals surface area (Å²) in [5.74, 6) is -0.547. The lowest BCUT2D eigenvalue weighted by Gasteiger charge is -2.05. The Hall–Kier alpha value is -2.82. The van der Waals surface area contributed by atoms with Crippen molar-refractivity contribution in [3.8, 4) is 0 Å². The number of anilines is 1. The first-order valence-corrected chi connectivity index (χ1v) is 8.69. The number of alkyl halides is 3. The van der Waals surface area contributed by atoms with E-state index in [2.05, 4.69) is 20.6 Å². The molecule has 3 aromatic heterocycles. The second kappa shape index (κ2) is 7.66. The number of amides is 1. The smallest absolute Gasteiger partial charge is 0.322 e. The molecule has 0 unspecified atom stereocenters. The molecule has 1 amide bonds. The van der Waals surface area contributed by atoms with Gasteiger partial charge in [0, 0.05) is 24.5 Å². The van der Waals surface area contributed by atoms with Crippen LogP contribution in [0.1, 0.15) is 23.9 Å². The fourth-order valence-electron chi connectivity index (χ4n) is 2.56. The molecule has 0 fully saturated rings. The second-order valence-electron chi connectivity index (χ2n) is 6.08. The van der Waals surface area contributed by atoms with Crippen LogP contribution in [0.3, 0.4) is 0 Å². The SMILES string of the molecule is CCn1cc(Cn2cc(NC(=O)Cn3nc(C(F)(F)F)c(Cl)c3C)cn2)cn1. The monoisotopic (exact) mass is 415 g/mol. The van der Waals surface area contributed by atoms with Gasteiger partial charge in [-0.15, -0.1) is 0 Å². The molecule has 3 heterocycles. The van der Waals surface area contributed by atoms with Gasteiger partial charge in [-0.25, -0.2) is 0 Å². The van der Waals surface area contributed by atoms with Crippen LogP contribution in [0.2, 0.25) is 5.02 Å². The number of carbonyl (C=O) groups is 1. The topological polar surface area (TPSA) is 82.6 Å². The van der Waals surface area contributed by atoms with E-state index >= 15 is 0 Å². The van der Waals surface area contributed by atoms with Crippen LogP contribution in [0.15, 0.2) is 24.8 Å². The van der Waals surface area contributed by atoms with Crippen LogP contribution < -0.4 is 5.32 Å². The summed E-state index contributed by atoms with van der Waals surface area (Å²) in [7, 11) is 0. The molecule has 3 aromatic rings. The van der Waals surface area contributed by atoms with Crippen LogP contribution in [-0.4, -0.2) is 35.2 Å². The molecule has 0 saturated heterocycles. The Balaban J connectivity index is 1.64. The van der Waals surface area contributed by atoms with Crippen molar-refractivity contribution in [2.75, 3.05) is 5.32 Å². The van der Waals surface area contributed by atoms with Crippen LogP contribution >= 0.6 is 11.6 Å². The zero-order valence-corrected chi connectivity index (χ0v) is 15.8. The van der Waals surface area contributed by atoms with Gasteiger partial charge >= 0.3 is 6.18 Å². The number of rotatable bonds is 6. The summed E-state index contributed by atoms with van der Waals surface area (Å²) in [6.07, 6.45) is 2.00. The zero-order chi connectivity index (χ0) is 20.5. The minimum Gasteiger partial charge on any atom is -0.322 e. The van der Waals surface area contributed by atoms with Gasteiger partial charge in [-0.05, 0) is 13.8 Å². The molecule has 150 valence electrons. The highest BCUT2D eigenvalue weighted by Crippen LogP contribution is 2.35. The van der Waals surface area contributed by atoms with Gasteiger partial charge in [0.25, 0.3) is 0 Å². The molecule has 12 heteroatoms. The molecule has 8 nitrogen and oxygen atoms in total. The van der Waals surface area contributed by atoms with Crippen molar-refractivity contribution in [1.82, 2.24) is 29.3 Å². The lowest BCUT2D eigenvalue weighted by molar-refractivity contribution is -0.141. The number of aromatic nitrogens is 6. The van der Waals surface area contributed by atoms with Gasteiger partial charge in [-0.3, -0.25) is 18.8 Å². The molecule has 0 aliphatic carbocycles. The minimum absolute atomic E-state index is 0.0628. The summed E-state index contributed by atoms with van der Waals surface area (Å²) < 4.78 is 42.9. The van der Waals surface area contributed by atoms with Crippen molar-refractivity contribution in [2.24, 2.45) is 0 Å². The van der Waals surface area contributed by atoms with Crippen LogP contribution in [-0.2, 0) is 30.6 Å². The fourth-order valence-corrected chi connectivity index (χ4v) is 2.80. The first kappa shape index (κ1) is 19.9. The van der Waals surface area contributed by atoms with Crippen molar-refractivity contribution in [2.45, 2.75) is 39.7 Å². The first-order valence-electron chi connectivity index (χ1n) is 8.31. The lowest BCUT2D eigenvalue weighted by Crippen LogP contribution is -2.20.